The topological polar surface area (TPSA) is 68.5 Å². The molecule has 1 fully saturated rings. The summed E-state index contributed by atoms with van der Waals surface area (Å²) in [6.45, 7) is 2.67. The summed E-state index contributed by atoms with van der Waals surface area (Å²) in [5.41, 5.74) is 0.714. The number of anilines is 1. The lowest BCUT2D eigenvalue weighted by molar-refractivity contribution is -0.127. The highest BCUT2D eigenvalue weighted by molar-refractivity contribution is 5.91. The first-order valence-electron chi connectivity index (χ1n) is 6.48. The van der Waals surface area contributed by atoms with Gasteiger partial charge in [0.05, 0.1) is 12.0 Å². The third-order valence-corrected chi connectivity index (χ3v) is 3.49. The Bertz CT molecular complexity index is 595. The van der Waals surface area contributed by atoms with E-state index in [1.54, 1.807) is 4.40 Å². The molecule has 0 aromatic carbocycles. The predicted molar refractivity (Wildman–Crippen MR) is 69.8 cm³/mol. The number of fused-ring (bicyclic) bond motifs is 1. The number of amides is 1. The fourth-order valence-electron chi connectivity index (χ4n) is 2.40. The number of aromatic nitrogens is 3. The highest BCUT2D eigenvalue weighted by Crippen LogP contribution is 2.22. The van der Waals surface area contributed by atoms with E-state index in [9.17, 15) is 4.79 Å². The van der Waals surface area contributed by atoms with Crippen LogP contribution in [0.3, 0.4) is 0 Å². The normalized spacial score (nSPS) is 23.4. The molecule has 0 bridgehead atoms. The number of nitrogens with one attached hydrogen (secondary N) is 1. The first kappa shape index (κ1) is 12.1. The molecule has 1 N–H and O–H groups in total. The van der Waals surface area contributed by atoms with Gasteiger partial charge in [-0.25, -0.2) is 0 Å². The van der Waals surface area contributed by atoms with Gasteiger partial charge < -0.3 is 4.74 Å². The highest BCUT2D eigenvalue weighted by Gasteiger charge is 2.29. The molecule has 3 rings (SSSR count). The average molecular weight is 260 g/mol. The van der Waals surface area contributed by atoms with Gasteiger partial charge in [0.25, 0.3) is 0 Å². The van der Waals surface area contributed by atoms with Gasteiger partial charge in [0.15, 0.2) is 5.65 Å². The number of hydrogen-bond acceptors (Lipinski definition) is 4. The maximum absolute atomic E-state index is 12.2. The number of ether oxygens (including phenoxy) is 1. The molecular formula is C13H16N4O2. The molecule has 0 aliphatic carbocycles. The van der Waals surface area contributed by atoms with Crippen molar-refractivity contribution in [2.24, 2.45) is 5.92 Å². The second kappa shape index (κ2) is 4.97. The number of nitrogens with zero attached hydrogens (tertiary/aromatic N) is 3. The van der Waals surface area contributed by atoms with Gasteiger partial charge in [0, 0.05) is 12.8 Å². The quantitative estimate of drug-likeness (QED) is 0.888. The summed E-state index contributed by atoms with van der Waals surface area (Å²) in [4.78, 5) is 12.2. The van der Waals surface area contributed by atoms with E-state index in [1.165, 1.54) is 0 Å². The van der Waals surface area contributed by atoms with E-state index >= 15 is 0 Å². The molecule has 1 aliphatic heterocycles. The molecule has 1 amide bonds. The Labute approximate surface area is 110 Å². The van der Waals surface area contributed by atoms with E-state index < -0.39 is 0 Å². The van der Waals surface area contributed by atoms with E-state index in [-0.39, 0.29) is 17.9 Å². The van der Waals surface area contributed by atoms with Gasteiger partial charge in [-0.15, -0.1) is 10.2 Å². The largest absolute Gasteiger partial charge is 0.378 e. The zero-order chi connectivity index (χ0) is 13.2. The number of hydrogen-bond donors (Lipinski definition) is 1. The Morgan fingerprint density at radius 1 is 1.47 bits per heavy atom. The number of rotatable bonds is 2. The lowest BCUT2D eigenvalue weighted by Crippen LogP contribution is -2.36. The molecule has 2 aromatic rings. The maximum atomic E-state index is 12.2. The summed E-state index contributed by atoms with van der Waals surface area (Å²) < 4.78 is 7.27. The smallest absolute Gasteiger partial charge is 0.235 e. The van der Waals surface area contributed by atoms with Crippen molar-refractivity contribution in [1.29, 1.82) is 0 Å². The molecule has 6 heteroatoms. The summed E-state index contributed by atoms with van der Waals surface area (Å²) in [5, 5.41) is 10.8. The van der Waals surface area contributed by atoms with Crippen LogP contribution in [0, 0.1) is 5.92 Å². The van der Waals surface area contributed by atoms with Crippen molar-refractivity contribution >= 4 is 17.5 Å². The molecule has 19 heavy (non-hydrogen) atoms. The van der Waals surface area contributed by atoms with Crippen molar-refractivity contribution in [2.75, 3.05) is 11.9 Å². The summed E-state index contributed by atoms with van der Waals surface area (Å²) in [7, 11) is 0. The minimum atomic E-state index is -0.121. The molecule has 0 spiro atoms. The van der Waals surface area contributed by atoms with E-state index in [1.807, 2.05) is 31.3 Å². The molecule has 100 valence electrons. The molecule has 3 heterocycles. The average Bonchev–Trinajstić information content (AvgIpc) is 2.83. The maximum Gasteiger partial charge on any atom is 0.235 e. The standard InChI is InChI=1S/C13H16N4O2/c1-9-10(5-4-8-19-9)12(18)14-13-16-15-11-6-2-3-7-17(11)13/h2-3,6-7,9-10H,4-5,8H2,1H3,(H,14,16,18)/t9-,10+/m1/s1. The van der Waals surface area contributed by atoms with Crippen LogP contribution >= 0.6 is 0 Å². The third kappa shape index (κ3) is 2.31. The van der Waals surface area contributed by atoms with Crippen molar-refractivity contribution in [3.63, 3.8) is 0 Å². The van der Waals surface area contributed by atoms with Crippen LogP contribution in [-0.4, -0.2) is 33.2 Å². The predicted octanol–water partition coefficient (Wildman–Crippen LogP) is 1.48. The van der Waals surface area contributed by atoms with Crippen molar-refractivity contribution in [3.8, 4) is 0 Å². The monoisotopic (exact) mass is 260 g/mol. The first-order chi connectivity index (χ1) is 9.25. The van der Waals surface area contributed by atoms with Gasteiger partial charge >= 0.3 is 0 Å². The summed E-state index contributed by atoms with van der Waals surface area (Å²) in [5.74, 6) is 0.286. The molecule has 6 nitrogen and oxygen atoms in total. The second-order valence-electron chi connectivity index (χ2n) is 4.77. The van der Waals surface area contributed by atoms with E-state index in [0.29, 0.717) is 11.6 Å². The minimum absolute atomic E-state index is 0.0482. The molecular weight excluding hydrogens is 244 g/mol. The van der Waals surface area contributed by atoms with Crippen molar-refractivity contribution in [1.82, 2.24) is 14.6 Å². The molecule has 0 saturated carbocycles. The van der Waals surface area contributed by atoms with Gasteiger partial charge in [-0.3, -0.25) is 14.5 Å². The molecule has 2 aromatic heterocycles. The number of carbonyl (C=O) groups is 1. The van der Waals surface area contributed by atoms with Crippen molar-refractivity contribution in [3.05, 3.63) is 24.4 Å². The Hall–Kier alpha value is -1.95. The lowest BCUT2D eigenvalue weighted by atomic mass is 9.94. The number of pyridine rings is 1. The zero-order valence-corrected chi connectivity index (χ0v) is 10.7. The number of carbonyl (C=O) groups excluding carboxylic acids is 1. The molecule has 1 saturated heterocycles. The Morgan fingerprint density at radius 3 is 3.21 bits per heavy atom. The van der Waals surface area contributed by atoms with Crippen LogP contribution in [0.4, 0.5) is 5.95 Å². The van der Waals surface area contributed by atoms with E-state index in [0.717, 1.165) is 19.4 Å². The van der Waals surface area contributed by atoms with Gasteiger partial charge in [0.1, 0.15) is 0 Å². The van der Waals surface area contributed by atoms with Gasteiger partial charge in [-0.05, 0) is 31.9 Å². The molecule has 0 unspecified atom stereocenters. The third-order valence-electron chi connectivity index (χ3n) is 3.49. The fraction of sp³-hybridized carbons (Fsp3) is 0.462. The molecule has 1 aliphatic rings. The van der Waals surface area contributed by atoms with Crippen LogP contribution in [0.1, 0.15) is 19.8 Å². The Kier molecular flexibility index (Phi) is 3.16. The summed E-state index contributed by atoms with van der Waals surface area (Å²) in [6, 6.07) is 5.60. The van der Waals surface area contributed by atoms with E-state index in [4.69, 9.17) is 4.74 Å². The van der Waals surface area contributed by atoms with E-state index in [2.05, 4.69) is 15.5 Å². The van der Waals surface area contributed by atoms with Crippen LogP contribution in [0.5, 0.6) is 0 Å². The van der Waals surface area contributed by atoms with Crippen LogP contribution in [0.2, 0.25) is 0 Å². The van der Waals surface area contributed by atoms with Crippen LogP contribution in [0.25, 0.3) is 5.65 Å². The minimum Gasteiger partial charge on any atom is -0.378 e. The Morgan fingerprint density at radius 2 is 2.37 bits per heavy atom. The zero-order valence-electron chi connectivity index (χ0n) is 10.7. The van der Waals surface area contributed by atoms with Gasteiger partial charge in [0.2, 0.25) is 11.9 Å². The summed E-state index contributed by atoms with van der Waals surface area (Å²) in [6.07, 6.45) is 3.55. The lowest BCUT2D eigenvalue weighted by Gasteiger charge is -2.27. The highest BCUT2D eigenvalue weighted by atomic mass is 16.5. The van der Waals surface area contributed by atoms with Gasteiger partial charge in [-0.1, -0.05) is 6.07 Å². The molecule has 0 radical (unpaired) electrons. The SMILES string of the molecule is C[C@H]1OCCC[C@@H]1C(=O)Nc1nnc2ccccn12. The van der Waals surface area contributed by atoms with Crippen molar-refractivity contribution < 1.29 is 9.53 Å². The summed E-state index contributed by atoms with van der Waals surface area (Å²) >= 11 is 0. The van der Waals surface area contributed by atoms with Gasteiger partial charge in [-0.2, -0.15) is 0 Å². The van der Waals surface area contributed by atoms with Crippen molar-refractivity contribution in [2.45, 2.75) is 25.9 Å². The Balaban J connectivity index is 1.79. The molecule has 2 atom stereocenters. The van der Waals surface area contributed by atoms with Crippen LogP contribution in [0.15, 0.2) is 24.4 Å². The first-order valence-corrected chi connectivity index (χ1v) is 6.48. The van der Waals surface area contributed by atoms with Crippen LogP contribution in [-0.2, 0) is 9.53 Å². The van der Waals surface area contributed by atoms with Crippen LogP contribution < -0.4 is 5.32 Å². The fourth-order valence-corrected chi connectivity index (χ4v) is 2.40. The second-order valence-corrected chi connectivity index (χ2v) is 4.77.